The van der Waals surface area contributed by atoms with E-state index in [2.05, 4.69) is 0 Å². The number of benzene rings is 2. The van der Waals surface area contributed by atoms with E-state index in [0.717, 1.165) is 11.1 Å². The van der Waals surface area contributed by atoms with Crippen molar-refractivity contribution in [3.63, 3.8) is 0 Å². The van der Waals surface area contributed by atoms with E-state index in [1.807, 2.05) is 18.2 Å². The molecule has 0 atom stereocenters. The van der Waals surface area contributed by atoms with Gasteiger partial charge in [0.25, 0.3) is 0 Å². The summed E-state index contributed by atoms with van der Waals surface area (Å²) in [5, 5.41) is 9.25. The molecule has 2 aromatic rings. The molecule has 2 aromatic carbocycles. The Labute approximate surface area is 133 Å². The molecule has 0 aliphatic rings. The highest BCUT2D eigenvalue weighted by Gasteiger charge is 2.10. The Kier molecular flexibility index (Phi) is 5.52. The molecule has 0 radical (unpaired) electrons. The van der Waals surface area contributed by atoms with E-state index >= 15 is 0 Å². The number of carboxylic acid groups (broad SMARTS) is 1. The van der Waals surface area contributed by atoms with Crippen LogP contribution in [0.4, 0.5) is 0 Å². The molecule has 0 spiro atoms. The van der Waals surface area contributed by atoms with Crippen LogP contribution in [0.15, 0.2) is 60.4 Å². The fraction of sp³-hybridized carbons (Fsp3) is 0.111. The molecule has 0 aromatic heterocycles. The smallest absolute Gasteiger partial charge is 0.371 e. The molecule has 5 nitrogen and oxygen atoms in total. The lowest BCUT2D eigenvalue weighted by Gasteiger charge is -2.08. The monoisotopic (exact) mass is 312 g/mol. The topological polar surface area (TPSA) is 72.8 Å². The summed E-state index contributed by atoms with van der Waals surface area (Å²) in [4.78, 5) is 22.1. The lowest BCUT2D eigenvalue weighted by Crippen LogP contribution is -2.07. The van der Waals surface area contributed by atoms with E-state index < -0.39 is 5.97 Å². The molecule has 0 amide bonds. The highest BCUT2D eigenvalue weighted by Crippen LogP contribution is 2.17. The Morgan fingerprint density at radius 3 is 2.26 bits per heavy atom. The van der Waals surface area contributed by atoms with Crippen LogP contribution in [-0.4, -0.2) is 17.0 Å². The van der Waals surface area contributed by atoms with Crippen molar-refractivity contribution in [2.75, 3.05) is 0 Å². The number of carbonyl (C=O) groups is 2. The average molecular weight is 312 g/mol. The Morgan fingerprint density at radius 2 is 1.70 bits per heavy atom. The number of rotatable bonds is 6. The van der Waals surface area contributed by atoms with Gasteiger partial charge in [-0.05, 0) is 29.3 Å². The van der Waals surface area contributed by atoms with Gasteiger partial charge in [0.1, 0.15) is 12.4 Å². The highest BCUT2D eigenvalue weighted by atomic mass is 16.5. The van der Waals surface area contributed by atoms with Gasteiger partial charge in [0.05, 0.1) is 0 Å². The quantitative estimate of drug-likeness (QED) is 0.503. The lowest BCUT2D eigenvalue weighted by molar-refractivity contribution is -0.142. The van der Waals surface area contributed by atoms with Gasteiger partial charge in [-0.2, -0.15) is 0 Å². The maximum atomic E-state index is 11.3. The van der Waals surface area contributed by atoms with Crippen molar-refractivity contribution < 1.29 is 24.2 Å². The Hall–Kier alpha value is -3.08. The number of carboxylic acids is 1. The second-order valence-corrected chi connectivity index (χ2v) is 4.75. The van der Waals surface area contributed by atoms with E-state index in [1.54, 1.807) is 36.4 Å². The molecule has 0 unspecified atom stereocenters. The number of hydrogen-bond donors (Lipinski definition) is 1. The van der Waals surface area contributed by atoms with Crippen LogP contribution in [0.25, 0.3) is 6.08 Å². The minimum Gasteiger partial charge on any atom is -0.475 e. The summed E-state index contributed by atoms with van der Waals surface area (Å²) in [5.74, 6) is -1.30. The first-order valence-electron chi connectivity index (χ1n) is 6.95. The van der Waals surface area contributed by atoms with Crippen molar-refractivity contribution in [3.05, 3.63) is 71.5 Å². The number of esters is 1. The minimum atomic E-state index is -1.15. The van der Waals surface area contributed by atoms with Gasteiger partial charge in [0.15, 0.2) is 0 Å². The summed E-state index contributed by atoms with van der Waals surface area (Å²) >= 11 is 0. The summed E-state index contributed by atoms with van der Waals surface area (Å²) < 4.78 is 10.3. The van der Waals surface area contributed by atoms with Crippen LogP contribution in [-0.2, 0) is 20.9 Å². The summed E-state index contributed by atoms with van der Waals surface area (Å²) in [7, 11) is 0. The Morgan fingerprint density at radius 1 is 1.04 bits per heavy atom. The van der Waals surface area contributed by atoms with E-state index in [0.29, 0.717) is 5.75 Å². The molecule has 0 aliphatic heterocycles. The van der Waals surface area contributed by atoms with E-state index in [1.165, 1.54) is 13.0 Å². The van der Waals surface area contributed by atoms with Gasteiger partial charge in [0, 0.05) is 6.92 Å². The van der Waals surface area contributed by atoms with Gasteiger partial charge in [-0.25, -0.2) is 4.79 Å². The fourth-order valence-corrected chi connectivity index (χ4v) is 1.80. The van der Waals surface area contributed by atoms with Gasteiger partial charge in [0.2, 0.25) is 5.76 Å². The molecule has 118 valence electrons. The largest absolute Gasteiger partial charge is 0.475 e. The van der Waals surface area contributed by atoms with E-state index in [9.17, 15) is 14.7 Å². The molecule has 1 N–H and O–H groups in total. The van der Waals surface area contributed by atoms with Crippen molar-refractivity contribution in [1.82, 2.24) is 0 Å². The number of ether oxygens (including phenoxy) is 2. The normalized spacial score (nSPS) is 10.9. The summed E-state index contributed by atoms with van der Waals surface area (Å²) in [5.41, 5.74) is 1.52. The first-order chi connectivity index (χ1) is 11.0. The first kappa shape index (κ1) is 16.3. The van der Waals surface area contributed by atoms with Crippen LogP contribution in [0.5, 0.6) is 5.75 Å². The first-order valence-corrected chi connectivity index (χ1v) is 6.95. The molecule has 0 heterocycles. The van der Waals surface area contributed by atoms with Crippen molar-refractivity contribution in [2.24, 2.45) is 0 Å². The predicted octanol–water partition coefficient (Wildman–Crippen LogP) is 3.25. The van der Waals surface area contributed by atoms with Crippen LogP contribution in [0, 0.1) is 0 Å². The van der Waals surface area contributed by atoms with Crippen molar-refractivity contribution in [3.8, 4) is 5.75 Å². The fourth-order valence-electron chi connectivity index (χ4n) is 1.80. The molecular weight excluding hydrogens is 296 g/mol. The minimum absolute atomic E-state index is 0.168. The van der Waals surface area contributed by atoms with Crippen molar-refractivity contribution >= 4 is 18.0 Å². The maximum absolute atomic E-state index is 11.3. The zero-order valence-electron chi connectivity index (χ0n) is 12.6. The van der Waals surface area contributed by atoms with Crippen molar-refractivity contribution in [2.45, 2.75) is 13.5 Å². The zero-order chi connectivity index (χ0) is 16.7. The van der Waals surface area contributed by atoms with E-state index in [-0.39, 0.29) is 18.3 Å². The van der Waals surface area contributed by atoms with Crippen LogP contribution in [0.2, 0.25) is 0 Å². The molecule has 0 bridgehead atoms. The highest BCUT2D eigenvalue weighted by molar-refractivity contribution is 5.90. The maximum Gasteiger partial charge on any atom is 0.371 e. The zero-order valence-corrected chi connectivity index (χ0v) is 12.6. The predicted molar refractivity (Wildman–Crippen MR) is 84.6 cm³/mol. The summed E-state index contributed by atoms with van der Waals surface area (Å²) in [6.07, 6.45) is 1.45. The van der Waals surface area contributed by atoms with Crippen LogP contribution < -0.4 is 4.74 Å². The van der Waals surface area contributed by atoms with Crippen molar-refractivity contribution in [1.29, 1.82) is 0 Å². The molecule has 2 rings (SSSR count). The third-order valence-corrected chi connectivity index (χ3v) is 2.90. The van der Waals surface area contributed by atoms with Crippen LogP contribution in [0.1, 0.15) is 18.1 Å². The SMILES string of the molecule is CC(=O)OCc1ccc(OC(=Cc2ccccc2)C(=O)O)cc1. The second-order valence-electron chi connectivity index (χ2n) is 4.75. The molecule has 0 fully saturated rings. The van der Waals surface area contributed by atoms with Gasteiger partial charge in [-0.1, -0.05) is 42.5 Å². The second kappa shape index (κ2) is 7.79. The average Bonchev–Trinajstić information content (AvgIpc) is 2.54. The third-order valence-electron chi connectivity index (χ3n) is 2.90. The number of aliphatic carboxylic acids is 1. The number of carbonyl (C=O) groups excluding carboxylic acids is 1. The lowest BCUT2D eigenvalue weighted by atomic mass is 10.2. The van der Waals surface area contributed by atoms with Crippen LogP contribution in [0.3, 0.4) is 0 Å². The Balaban J connectivity index is 2.10. The Bertz CT molecular complexity index is 702. The van der Waals surface area contributed by atoms with E-state index in [4.69, 9.17) is 9.47 Å². The van der Waals surface area contributed by atoms with Gasteiger partial charge >= 0.3 is 11.9 Å². The van der Waals surface area contributed by atoms with Gasteiger partial charge < -0.3 is 14.6 Å². The summed E-state index contributed by atoms with van der Waals surface area (Å²) in [6, 6.07) is 15.7. The number of hydrogen-bond acceptors (Lipinski definition) is 4. The molecule has 0 saturated carbocycles. The molecular formula is C18H16O5. The molecule has 0 saturated heterocycles. The van der Waals surface area contributed by atoms with Gasteiger partial charge in [-0.15, -0.1) is 0 Å². The molecule has 0 aliphatic carbocycles. The molecule has 5 heteroatoms. The van der Waals surface area contributed by atoms with Gasteiger partial charge in [-0.3, -0.25) is 4.79 Å². The molecule has 23 heavy (non-hydrogen) atoms. The van der Waals surface area contributed by atoms with Crippen LogP contribution >= 0.6 is 0 Å². The summed E-state index contributed by atoms with van der Waals surface area (Å²) in [6.45, 7) is 1.51. The standard InChI is InChI=1S/C18H16O5/c1-13(19)22-12-15-7-9-16(10-8-15)23-17(18(20)21)11-14-5-3-2-4-6-14/h2-11H,12H2,1H3,(H,20,21). The third kappa shape index (κ3) is 5.32.